The molecular weight excluding hydrogens is 500 g/mol. The maximum atomic E-state index is 10.7. The van der Waals surface area contributed by atoms with Crippen LogP contribution in [-0.2, 0) is 12.8 Å². The van der Waals surface area contributed by atoms with Gasteiger partial charge in [0.1, 0.15) is 11.5 Å². The molecule has 2 aromatic carbocycles. The van der Waals surface area contributed by atoms with Crippen molar-refractivity contribution in [2.24, 2.45) is 0 Å². The van der Waals surface area contributed by atoms with Gasteiger partial charge in [-0.05, 0) is 91.5 Å². The molecule has 0 saturated carbocycles. The molecule has 0 atom stereocenters. The molecule has 0 unspecified atom stereocenters. The summed E-state index contributed by atoms with van der Waals surface area (Å²) in [7, 11) is 0. The molecule has 0 bridgehead atoms. The SMILES string of the molecule is CCCCCCCCCCCCCCCCC(c1cc(CCCC)c(O)cc1C)c1cc(CCCC)c(O)cc1C. The summed E-state index contributed by atoms with van der Waals surface area (Å²) in [5.74, 6) is 1.19. The van der Waals surface area contributed by atoms with E-state index in [1.54, 1.807) is 0 Å². The van der Waals surface area contributed by atoms with Crippen molar-refractivity contribution in [1.82, 2.24) is 0 Å². The first-order chi connectivity index (χ1) is 19.9. The Hall–Kier alpha value is -1.96. The summed E-state index contributed by atoms with van der Waals surface area (Å²) in [4.78, 5) is 0. The number of hydrogen-bond donors (Lipinski definition) is 2. The second-order valence-electron chi connectivity index (χ2n) is 12.8. The van der Waals surface area contributed by atoms with Crippen LogP contribution in [0.1, 0.15) is 182 Å². The highest BCUT2D eigenvalue weighted by molar-refractivity contribution is 5.50. The topological polar surface area (TPSA) is 40.5 Å². The second kappa shape index (κ2) is 20.8. The lowest BCUT2D eigenvalue weighted by atomic mass is 9.80. The number of benzene rings is 2. The summed E-state index contributed by atoms with van der Waals surface area (Å²) >= 11 is 0. The number of hydrogen-bond acceptors (Lipinski definition) is 2. The predicted molar refractivity (Wildman–Crippen MR) is 180 cm³/mol. The Bertz CT molecular complexity index is 913. The third-order valence-corrected chi connectivity index (χ3v) is 9.13. The van der Waals surface area contributed by atoms with Crippen molar-refractivity contribution in [3.8, 4) is 11.5 Å². The fourth-order valence-corrected chi connectivity index (χ4v) is 6.42. The summed E-state index contributed by atoms with van der Waals surface area (Å²) in [6.07, 6.45) is 26.7. The number of aromatic hydroxyl groups is 2. The highest BCUT2D eigenvalue weighted by Crippen LogP contribution is 2.39. The van der Waals surface area contributed by atoms with E-state index in [0.29, 0.717) is 17.4 Å². The quantitative estimate of drug-likeness (QED) is 0.132. The van der Waals surface area contributed by atoms with Gasteiger partial charge in [0.05, 0.1) is 0 Å². The second-order valence-corrected chi connectivity index (χ2v) is 12.8. The number of phenolic OH excluding ortho intramolecular Hbond substituents is 2. The maximum absolute atomic E-state index is 10.7. The normalized spacial score (nSPS) is 11.6. The van der Waals surface area contributed by atoms with Crippen molar-refractivity contribution in [2.75, 3.05) is 0 Å². The van der Waals surface area contributed by atoms with Crippen molar-refractivity contribution >= 4 is 0 Å². The Morgan fingerprint density at radius 3 is 1.17 bits per heavy atom. The molecule has 2 aromatic rings. The molecular formula is C39H64O2. The molecule has 0 saturated heterocycles. The lowest BCUT2D eigenvalue weighted by Gasteiger charge is -2.25. The summed E-state index contributed by atoms with van der Waals surface area (Å²) in [5, 5.41) is 21.4. The van der Waals surface area contributed by atoms with Gasteiger partial charge < -0.3 is 10.2 Å². The molecule has 2 rings (SSSR count). The fourth-order valence-electron chi connectivity index (χ4n) is 6.42. The third-order valence-electron chi connectivity index (χ3n) is 9.13. The highest BCUT2D eigenvalue weighted by Gasteiger charge is 2.21. The van der Waals surface area contributed by atoms with Crippen LogP contribution in [0.4, 0.5) is 0 Å². The Balaban J connectivity index is 2.01. The van der Waals surface area contributed by atoms with Crippen molar-refractivity contribution in [1.29, 1.82) is 0 Å². The van der Waals surface area contributed by atoms with Crippen LogP contribution in [0.5, 0.6) is 11.5 Å². The molecule has 2 heteroatoms. The van der Waals surface area contributed by atoms with Gasteiger partial charge in [0.25, 0.3) is 0 Å². The molecule has 0 radical (unpaired) electrons. The zero-order chi connectivity index (χ0) is 29.9. The van der Waals surface area contributed by atoms with E-state index in [-0.39, 0.29) is 0 Å². The predicted octanol–water partition coefficient (Wildman–Crippen LogP) is 12.4. The van der Waals surface area contributed by atoms with Crippen molar-refractivity contribution < 1.29 is 10.2 Å². The van der Waals surface area contributed by atoms with E-state index >= 15 is 0 Å². The molecule has 0 aliphatic heterocycles. The van der Waals surface area contributed by atoms with E-state index in [2.05, 4.69) is 46.8 Å². The summed E-state index contributed by atoms with van der Waals surface area (Å²) in [5.41, 5.74) is 7.25. The number of aryl methyl sites for hydroxylation is 4. The zero-order valence-electron chi connectivity index (χ0n) is 27.6. The van der Waals surface area contributed by atoms with Gasteiger partial charge >= 0.3 is 0 Å². The first kappa shape index (κ1) is 35.2. The summed E-state index contributed by atoms with van der Waals surface area (Å²) in [6.45, 7) is 11.0. The maximum Gasteiger partial charge on any atom is 0.119 e. The van der Waals surface area contributed by atoms with E-state index < -0.39 is 0 Å². The number of phenols is 2. The Kier molecular flexibility index (Phi) is 17.9. The van der Waals surface area contributed by atoms with Crippen LogP contribution in [0.25, 0.3) is 0 Å². The van der Waals surface area contributed by atoms with Gasteiger partial charge in [0.15, 0.2) is 0 Å². The van der Waals surface area contributed by atoms with E-state index in [0.717, 1.165) is 56.1 Å². The van der Waals surface area contributed by atoms with Gasteiger partial charge in [-0.15, -0.1) is 0 Å². The van der Waals surface area contributed by atoms with Gasteiger partial charge in [-0.1, -0.05) is 136 Å². The first-order valence-corrected chi connectivity index (χ1v) is 17.6. The van der Waals surface area contributed by atoms with Gasteiger partial charge in [0, 0.05) is 5.92 Å². The van der Waals surface area contributed by atoms with Crippen LogP contribution in [0.2, 0.25) is 0 Å². The van der Waals surface area contributed by atoms with E-state index in [9.17, 15) is 10.2 Å². The monoisotopic (exact) mass is 564 g/mol. The van der Waals surface area contributed by atoms with Crippen molar-refractivity contribution in [3.05, 3.63) is 57.6 Å². The van der Waals surface area contributed by atoms with E-state index in [4.69, 9.17) is 0 Å². The van der Waals surface area contributed by atoms with E-state index in [1.165, 1.54) is 112 Å². The molecule has 2 N–H and O–H groups in total. The minimum Gasteiger partial charge on any atom is -0.508 e. The van der Waals surface area contributed by atoms with Gasteiger partial charge in [-0.2, -0.15) is 0 Å². The zero-order valence-corrected chi connectivity index (χ0v) is 27.6. The van der Waals surface area contributed by atoms with Crippen molar-refractivity contribution in [3.63, 3.8) is 0 Å². The molecule has 0 aromatic heterocycles. The average molecular weight is 565 g/mol. The molecule has 0 aliphatic carbocycles. The fraction of sp³-hybridized carbons (Fsp3) is 0.692. The van der Waals surface area contributed by atoms with Crippen LogP contribution < -0.4 is 0 Å². The molecule has 2 nitrogen and oxygen atoms in total. The Morgan fingerprint density at radius 2 is 0.805 bits per heavy atom. The first-order valence-electron chi connectivity index (χ1n) is 17.6. The Labute approximate surface area is 254 Å². The lowest BCUT2D eigenvalue weighted by molar-refractivity contribution is 0.465. The molecule has 0 spiro atoms. The molecule has 0 fully saturated rings. The summed E-state index contributed by atoms with van der Waals surface area (Å²) < 4.78 is 0. The molecule has 0 amide bonds. The molecule has 41 heavy (non-hydrogen) atoms. The van der Waals surface area contributed by atoms with Crippen LogP contribution in [0.15, 0.2) is 24.3 Å². The standard InChI is InChI=1S/C39H64O2/c1-6-9-12-13-14-15-16-17-18-19-20-21-22-23-26-35(36-29-33(24-10-7-2)38(40)27-31(36)4)37-30-34(25-11-8-3)39(41)28-32(37)5/h27-30,35,40-41H,6-26H2,1-5H3. The average Bonchev–Trinajstić information content (AvgIpc) is 2.95. The molecule has 232 valence electrons. The smallest absolute Gasteiger partial charge is 0.119 e. The third kappa shape index (κ3) is 12.8. The van der Waals surface area contributed by atoms with Crippen molar-refractivity contribution in [2.45, 2.75) is 175 Å². The van der Waals surface area contributed by atoms with Crippen LogP contribution >= 0.6 is 0 Å². The van der Waals surface area contributed by atoms with Gasteiger partial charge in [-0.25, -0.2) is 0 Å². The van der Waals surface area contributed by atoms with Gasteiger partial charge in [0.2, 0.25) is 0 Å². The van der Waals surface area contributed by atoms with Crippen LogP contribution in [0.3, 0.4) is 0 Å². The summed E-state index contributed by atoms with van der Waals surface area (Å²) in [6, 6.07) is 8.58. The lowest BCUT2D eigenvalue weighted by Crippen LogP contribution is -2.08. The van der Waals surface area contributed by atoms with Crippen LogP contribution in [-0.4, -0.2) is 10.2 Å². The Morgan fingerprint density at radius 1 is 0.463 bits per heavy atom. The minimum absolute atomic E-state index is 0.300. The molecule has 0 aliphatic rings. The highest BCUT2D eigenvalue weighted by atomic mass is 16.3. The number of rotatable bonds is 23. The number of unbranched alkanes of at least 4 members (excludes halogenated alkanes) is 15. The van der Waals surface area contributed by atoms with Gasteiger partial charge in [-0.3, -0.25) is 0 Å². The minimum atomic E-state index is 0.300. The van der Waals surface area contributed by atoms with Crippen LogP contribution in [0, 0.1) is 13.8 Å². The van der Waals surface area contributed by atoms with E-state index in [1.807, 2.05) is 12.1 Å². The largest absolute Gasteiger partial charge is 0.508 e. The molecule has 0 heterocycles.